The normalized spacial score (nSPS) is 26.8. The van der Waals surface area contributed by atoms with Gasteiger partial charge in [-0.05, 0) is 6.92 Å². The van der Waals surface area contributed by atoms with Crippen molar-refractivity contribution in [1.29, 1.82) is 0 Å². The standard InChI is InChI=1S/C8H12O3S/c1-5(9)8(11)6-4-12-3-2-7(6)10/h6,8,11H,2-4H2,1H3/t6-,8+/m1/s1. The van der Waals surface area contributed by atoms with Crippen LogP contribution in [0, 0.1) is 5.92 Å². The van der Waals surface area contributed by atoms with Crippen molar-refractivity contribution in [2.75, 3.05) is 11.5 Å². The van der Waals surface area contributed by atoms with Crippen LogP contribution in [-0.2, 0) is 9.59 Å². The van der Waals surface area contributed by atoms with Crippen molar-refractivity contribution in [3.05, 3.63) is 0 Å². The van der Waals surface area contributed by atoms with Crippen molar-refractivity contribution >= 4 is 23.3 Å². The third-order valence-corrected chi connectivity index (χ3v) is 3.09. The average Bonchev–Trinajstić information content (AvgIpc) is 2.04. The lowest BCUT2D eigenvalue weighted by Gasteiger charge is -2.23. The molecule has 0 amide bonds. The van der Waals surface area contributed by atoms with E-state index in [2.05, 4.69) is 0 Å². The maximum absolute atomic E-state index is 11.2. The summed E-state index contributed by atoms with van der Waals surface area (Å²) in [6, 6.07) is 0. The van der Waals surface area contributed by atoms with Crippen LogP contribution in [-0.4, -0.2) is 34.3 Å². The van der Waals surface area contributed by atoms with Gasteiger partial charge in [0.2, 0.25) is 0 Å². The van der Waals surface area contributed by atoms with Crippen LogP contribution in [0.4, 0.5) is 0 Å². The Morgan fingerprint density at radius 2 is 2.42 bits per heavy atom. The predicted molar refractivity (Wildman–Crippen MR) is 47.1 cm³/mol. The second-order valence-electron chi connectivity index (χ2n) is 2.95. The van der Waals surface area contributed by atoms with Gasteiger partial charge in [-0.2, -0.15) is 11.8 Å². The molecule has 1 heterocycles. The lowest BCUT2D eigenvalue weighted by molar-refractivity contribution is -0.135. The molecule has 0 aromatic carbocycles. The first-order valence-corrected chi connectivity index (χ1v) is 5.07. The Hall–Kier alpha value is -0.350. The highest BCUT2D eigenvalue weighted by Gasteiger charge is 2.31. The Kier molecular flexibility index (Phi) is 3.29. The number of aliphatic hydroxyl groups is 1. The minimum Gasteiger partial charge on any atom is -0.385 e. The van der Waals surface area contributed by atoms with Gasteiger partial charge >= 0.3 is 0 Å². The van der Waals surface area contributed by atoms with Gasteiger partial charge in [0.1, 0.15) is 11.9 Å². The van der Waals surface area contributed by atoms with Crippen LogP contribution in [0.3, 0.4) is 0 Å². The molecule has 0 aromatic rings. The summed E-state index contributed by atoms with van der Waals surface area (Å²) >= 11 is 1.62. The van der Waals surface area contributed by atoms with Crippen LogP contribution in [0.5, 0.6) is 0 Å². The molecule has 4 heteroatoms. The molecule has 1 aliphatic rings. The van der Waals surface area contributed by atoms with Crippen molar-refractivity contribution in [2.24, 2.45) is 5.92 Å². The van der Waals surface area contributed by atoms with E-state index in [1.807, 2.05) is 0 Å². The quantitative estimate of drug-likeness (QED) is 0.675. The number of carbonyl (C=O) groups excluding carboxylic acids is 2. The lowest BCUT2D eigenvalue weighted by Crippen LogP contribution is -2.37. The van der Waals surface area contributed by atoms with Crippen molar-refractivity contribution in [3.63, 3.8) is 0 Å². The SMILES string of the molecule is CC(=O)[C@H](O)[C@@H]1CSCCC1=O. The van der Waals surface area contributed by atoms with Crippen LogP contribution in [0.2, 0.25) is 0 Å². The highest BCUT2D eigenvalue weighted by atomic mass is 32.2. The minimum atomic E-state index is -1.08. The van der Waals surface area contributed by atoms with Crippen LogP contribution >= 0.6 is 11.8 Å². The summed E-state index contributed by atoms with van der Waals surface area (Å²) in [5, 5.41) is 9.34. The molecule has 1 saturated heterocycles. The Morgan fingerprint density at radius 1 is 1.75 bits per heavy atom. The first kappa shape index (κ1) is 9.74. The number of Topliss-reactive ketones (excluding diaryl/α,β-unsaturated/α-hetero) is 2. The zero-order valence-electron chi connectivity index (χ0n) is 6.95. The third kappa shape index (κ3) is 2.08. The Morgan fingerprint density at radius 3 is 2.92 bits per heavy atom. The summed E-state index contributed by atoms with van der Waals surface area (Å²) in [4.78, 5) is 22.0. The van der Waals surface area contributed by atoms with E-state index in [1.165, 1.54) is 6.92 Å². The number of carbonyl (C=O) groups is 2. The maximum atomic E-state index is 11.2. The topological polar surface area (TPSA) is 54.4 Å². The van der Waals surface area contributed by atoms with Crippen LogP contribution < -0.4 is 0 Å². The highest BCUT2D eigenvalue weighted by Crippen LogP contribution is 2.22. The van der Waals surface area contributed by atoms with Gasteiger partial charge in [-0.15, -0.1) is 0 Å². The zero-order valence-corrected chi connectivity index (χ0v) is 7.76. The molecule has 0 unspecified atom stereocenters. The minimum absolute atomic E-state index is 0.0245. The summed E-state index contributed by atoms with van der Waals surface area (Å²) in [6.45, 7) is 1.32. The van der Waals surface area contributed by atoms with Crippen molar-refractivity contribution in [3.8, 4) is 0 Å². The van der Waals surface area contributed by atoms with E-state index < -0.39 is 12.0 Å². The van der Waals surface area contributed by atoms with Crippen LogP contribution in [0.15, 0.2) is 0 Å². The molecule has 0 spiro atoms. The fraction of sp³-hybridized carbons (Fsp3) is 0.750. The van der Waals surface area contributed by atoms with Crippen molar-refractivity contribution in [1.82, 2.24) is 0 Å². The molecule has 3 nitrogen and oxygen atoms in total. The van der Waals surface area contributed by atoms with Gasteiger partial charge in [0, 0.05) is 17.9 Å². The number of hydrogen-bond acceptors (Lipinski definition) is 4. The molecule has 0 radical (unpaired) electrons. The van der Waals surface area contributed by atoms with Gasteiger partial charge in [0.05, 0.1) is 5.92 Å². The first-order valence-electron chi connectivity index (χ1n) is 3.92. The molecule has 0 bridgehead atoms. The highest BCUT2D eigenvalue weighted by molar-refractivity contribution is 7.99. The van der Waals surface area contributed by atoms with Gasteiger partial charge in [-0.1, -0.05) is 0 Å². The van der Waals surface area contributed by atoms with Gasteiger partial charge in [-0.3, -0.25) is 9.59 Å². The Bertz CT molecular complexity index is 202. The fourth-order valence-electron chi connectivity index (χ4n) is 1.21. The van der Waals surface area contributed by atoms with Gasteiger partial charge in [0.15, 0.2) is 5.78 Å². The molecule has 1 fully saturated rings. The molecule has 1 N–H and O–H groups in total. The van der Waals surface area contributed by atoms with E-state index in [4.69, 9.17) is 0 Å². The number of ketones is 2. The van der Waals surface area contributed by atoms with E-state index in [1.54, 1.807) is 11.8 Å². The lowest BCUT2D eigenvalue weighted by atomic mass is 9.95. The first-order chi connectivity index (χ1) is 5.63. The summed E-state index contributed by atoms with van der Waals surface area (Å²) < 4.78 is 0. The number of hydrogen-bond donors (Lipinski definition) is 1. The number of rotatable bonds is 2. The molecule has 12 heavy (non-hydrogen) atoms. The number of thioether (sulfide) groups is 1. The molecule has 2 atom stereocenters. The number of aliphatic hydroxyl groups excluding tert-OH is 1. The second-order valence-corrected chi connectivity index (χ2v) is 4.10. The van der Waals surface area contributed by atoms with E-state index in [9.17, 15) is 14.7 Å². The largest absolute Gasteiger partial charge is 0.385 e. The van der Waals surface area contributed by atoms with E-state index >= 15 is 0 Å². The molecule has 68 valence electrons. The third-order valence-electron chi connectivity index (χ3n) is 2.00. The summed E-state index contributed by atoms with van der Waals surface area (Å²) in [5.41, 5.74) is 0. The van der Waals surface area contributed by atoms with Crippen molar-refractivity contribution < 1.29 is 14.7 Å². The molecule has 1 aliphatic heterocycles. The van der Waals surface area contributed by atoms with Crippen LogP contribution in [0.25, 0.3) is 0 Å². The van der Waals surface area contributed by atoms with E-state index in [0.29, 0.717) is 12.2 Å². The second kappa shape index (κ2) is 4.05. The average molecular weight is 188 g/mol. The van der Waals surface area contributed by atoms with Gasteiger partial charge in [-0.25, -0.2) is 0 Å². The monoisotopic (exact) mass is 188 g/mol. The molecule has 0 aromatic heterocycles. The summed E-state index contributed by atoms with van der Waals surface area (Å²) in [5.74, 6) is 0.660. The van der Waals surface area contributed by atoms with Crippen molar-refractivity contribution in [2.45, 2.75) is 19.4 Å². The molecule has 1 rings (SSSR count). The summed E-state index contributed by atoms with van der Waals surface area (Å²) in [7, 11) is 0. The predicted octanol–water partition coefficient (Wildman–Crippen LogP) is 0.258. The molecule has 0 saturated carbocycles. The van der Waals surface area contributed by atoms with Gasteiger partial charge in [0.25, 0.3) is 0 Å². The smallest absolute Gasteiger partial charge is 0.158 e. The van der Waals surface area contributed by atoms with Gasteiger partial charge < -0.3 is 5.11 Å². The maximum Gasteiger partial charge on any atom is 0.158 e. The Balaban J connectivity index is 2.59. The fourth-order valence-corrected chi connectivity index (χ4v) is 2.35. The Labute approximate surface area is 75.5 Å². The molecular formula is C8H12O3S. The molecular weight excluding hydrogens is 176 g/mol. The molecule has 0 aliphatic carbocycles. The van der Waals surface area contributed by atoms with E-state index in [0.717, 1.165) is 5.75 Å². The van der Waals surface area contributed by atoms with Crippen LogP contribution in [0.1, 0.15) is 13.3 Å². The van der Waals surface area contributed by atoms with E-state index in [-0.39, 0.29) is 11.6 Å². The zero-order chi connectivity index (χ0) is 9.14. The summed E-state index contributed by atoms with van der Waals surface area (Å²) in [6.07, 6.45) is -0.593.